The molecule has 0 unspecified atom stereocenters. The summed E-state index contributed by atoms with van der Waals surface area (Å²) < 4.78 is 15.4. The van der Waals surface area contributed by atoms with Gasteiger partial charge >= 0.3 is 5.97 Å². The van der Waals surface area contributed by atoms with Gasteiger partial charge in [-0.15, -0.1) is 0 Å². The Labute approximate surface area is 160 Å². The number of nitro groups is 1. The van der Waals surface area contributed by atoms with Crippen LogP contribution < -0.4 is 20.5 Å². The first kappa shape index (κ1) is 20.5. The number of anilines is 2. The number of nitro benzene ring substituents is 1. The number of non-ortho nitro benzene ring substituents is 1. The number of nitrogen functional groups attached to an aromatic ring is 1. The Balaban J connectivity index is 2.06. The van der Waals surface area contributed by atoms with Crippen LogP contribution in [0.25, 0.3) is 0 Å². The van der Waals surface area contributed by atoms with E-state index in [0.717, 1.165) is 12.1 Å². The Kier molecular flexibility index (Phi) is 6.38. The number of esters is 1. The van der Waals surface area contributed by atoms with Gasteiger partial charge in [0.05, 0.1) is 30.4 Å². The molecule has 2 aromatic rings. The van der Waals surface area contributed by atoms with Crippen LogP contribution in [0.4, 0.5) is 17.1 Å². The van der Waals surface area contributed by atoms with Gasteiger partial charge in [0, 0.05) is 23.9 Å². The molecular weight excluding hydrogens is 370 g/mol. The number of carbonyl (C=O) groups excluding carboxylic acids is 2. The van der Waals surface area contributed by atoms with Gasteiger partial charge in [0.2, 0.25) is 0 Å². The molecule has 1 atom stereocenters. The van der Waals surface area contributed by atoms with Crippen molar-refractivity contribution in [3.8, 4) is 11.5 Å². The fourth-order valence-electron chi connectivity index (χ4n) is 2.29. The number of nitrogens with two attached hydrogens (primary N) is 1. The third kappa shape index (κ3) is 4.67. The van der Waals surface area contributed by atoms with E-state index in [2.05, 4.69) is 5.32 Å². The fourth-order valence-corrected chi connectivity index (χ4v) is 2.29. The van der Waals surface area contributed by atoms with E-state index in [1.54, 1.807) is 18.2 Å². The topological polar surface area (TPSA) is 143 Å². The fraction of sp³-hybridized carbons (Fsp3) is 0.222. The Morgan fingerprint density at radius 3 is 2.36 bits per heavy atom. The third-order valence-corrected chi connectivity index (χ3v) is 3.77. The first-order chi connectivity index (χ1) is 13.3. The van der Waals surface area contributed by atoms with Crippen molar-refractivity contribution in [1.29, 1.82) is 0 Å². The summed E-state index contributed by atoms with van der Waals surface area (Å²) in [6.45, 7) is 1.38. The van der Waals surface area contributed by atoms with Crippen molar-refractivity contribution in [2.75, 3.05) is 25.3 Å². The van der Waals surface area contributed by atoms with Crippen molar-refractivity contribution < 1.29 is 28.7 Å². The largest absolute Gasteiger partial charge is 0.493 e. The van der Waals surface area contributed by atoms with Crippen LogP contribution in [0.3, 0.4) is 0 Å². The highest BCUT2D eigenvalue weighted by Gasteiger charge is 2.22. The van der Waals surface area contributed by atoms with E-state index in [1.807, 2.05) is 0 Å². The van der Waals surface area contributed by atoms with Crippen molar-refractivity contribution in [1.82, 2.24) is 0 Å². The lowest BCUT2D eigenvalue weighted by Crippen LogP contribution is -2.30. The number of benzene rings is 2. The highest BCUT2D eigenvalue weighted by molar-refractivity contribution is 5.99. The molecule has 10 heteroatoms. The summed E-state index contributed by atoms with van der Waals surface area (Å²) in [7, 11) is 2.95. The van der Waals surface area contributed by atoms with Gasteiger partial charge in [-0.2, -0.15) is 0 Å². The summed E-state index contributed by atoms with van der Waals surface area (Å²) in [5.41, 5.74) is 5.63. The molecule has 0 heterocycles. The van der Waals surface area contributed by atoms with Crippen LogP contribution in [0.2, 0.25) is 0 Å². The molecule has 10 nitrogen and oxygen atoms in total. The maximum Gasteiger partial charge on any atom is 0.341 e. The van der Waals surface area contributed by atoms with Crippen LogP contribution in [0.5, 0.6) is 11.5 Å². The highest BCUT2D eigenvalue weighted by atomic mass is 16.6. The molecular formula is C18H19N3O7. The second kappa shape index (κ2) is 8.71. The summed E-state index contributed by atoms with van der Waals surface area (Å²) in [5, 5.41) is 13.3. The Morgan fingerprint density at radius 2 is 1.79 bits per heavy atom. The lowest BCUT2D eigenvalue weighted by Gasteiger charge is -2.15. The van der Waals surface area contributed by atoms with Crippen LogP contribution in [0, 0.1) is 10.1 Å². The number of nitrogens with zero attached hydrogens (tertiary/aromatic N) is 1. The molecule has 0 saturated heterocycles. The van der Waals surface area contributed by atoms with E-state index in [-0.39, 0.29) is 16.9 Å². The number of methoxy groups -OCH3 is 2. The minimum absolute atomic E-state index is 0.0728. The molecule has 3 N–H and O–H groups in total. The van der Waals surface area contributed by atoms with Crippen molar-refractivity contribution in [3.05, 3.63) is 52.1 Å². The minimum Gasteiger partial charge on any atom is -0.493 e. The van der Waals surface area contributed by atoms with Crippen molar-refractivity contribution in [3.63, 3.8) is 0 Å². The van der Waals surface area contributed by atoms with Crippen molar-refractivity contribution in [2.24, 2.45) is 0 Å². The SMILES string of the molecule is COc1ccc(NC(=O)[C@@H](C)OC(=O)c2ccc([N+](=O)[O-])cc2N)cc1OC. The summed E-state index contributed by atoms with van der Waals surface area (Å²) >= 11 is 0. The zero-order chi connectivity index (χ0) is 20.8. The first-order valence-electron chi connectivity index (χ1n) is 8.04. The quantitative estimate of drug-likeness (QED) is 0.318. The van der Waals surface area contributed by atoms with Crippen LogP contribution in [0.15, 0.2) is 36.4 Å². The smallest absolute Gasteiger partial charge is 0.341 e. The van der Waals surface area contributed by atoms with Crippen molar-refractivity contribution >= 4 is 28.9 Å². The number of hydrogen-bond donors (Lipinski definition) is 2. The first-order valence-corrected chi connectivity index (χ1v) is 8.04. The van der Waals surface area contributed by atoms with Crippen LogP contribution in [-0.2, 0) is 9.53 Å². The number of amides is 1. The molecule has 0 aliphatic rings. The number of ether oxygens (including phenoxy) is 3. The number of carbonyl (C=O) groups is 2. The van der Waals surface area contributed by atoms with E-state index >= 15 is 0 Å². The van der Waals surface area contributed by atoms with Gasteiger partial charge in [-0.1, -0.05) is 0 Å². The molecule has 0 aliphatic heterocycles. The van der Waals surface area contributed by atoms with E-state index in [1.165, 1.54) is 27.2 Å². The van der Waals surface area contributed by atoms with Gasteiger partial charge in [-0.3, -0.25) is 14.9 Å². The molecule has 0 saturated carbocycles. The van der Waals surface area contributed by atoms with Gasteiger partial charge < -0.3 is 25.3 Å². The molecule has 148 valence electrons. The molecule has 0 aliphatic carbocycles. The van der Waals surface area contributed by atoms with E-state index in [9.17, 15) is 19.7 Å². The second-order valence-electron chi connectivity index (χ2n) is 5.64. The van der Waals surface area contributed by atoms with Crippen LogP contribution >= 0.6 is 0 Å². The Hall–Kier alpha value is -3.82. The molecule has 0 radical (unpaired) electrons. The van der Waals surface area contributed by atoms with Gasteiger partial charge in [0.1, 0.15) is 0 Å². The van der Waals surface area contributed by atoms with Crippen molar-refractivity contribution in [2.45, 2.75) is 13.0 Å². The number of hydrogen-bond acceptors (Lipinski definition) is 8. The van der Waals surface area contributed by atoms with Gasteiger partial charge in [0.15, 0.2) is 17.6 Å². The summed E-state index contributed by atoms with van der Waals surface area (Å²) in [4.78, 5) is 34.6. The number of nitrogens with one attached hydrogen (secondary N) is 1. The molecule has 0 aromatic heterocycles. The molecule has 28 heavy (non-hydrogen) atoms. The molecule has 2 aromatic carbocycles. The maximum atomic E-state index is 12.3. The summed E-state index contributed by atoms with van der Waals surface area (Å²) in [5.74, 6) is -0.541. The maximum absolute atomic E-state index is 12.3. The predicted molar refractivity (Wildman–Crippen MR) is 101 cm³/mol. The molecule has 0 fully saturated rings. The monoisotopic (exact) mass is 389 g/mol. The van der Waals surface area contributed by atoms with Crippen LogP contribution in [0.1, 0.15) is 17.3 Å². The van der Waals surface area contributed by atoms with Crippen LogP contribution in [-0.4, -0.2) is 37.1 Å². The second-order valence-corrected chi connectivity index (χ2v) is 5.64. The minimum atomic E-state index is -1.14. The summed E-state index contributed by atoms with van der Waals surface area (Å²) in [6.07, 6.45) is -1.14. The van der Waals surface area contributed by atoms with E-state index < -0.39 is 22.9 Å². The lowest BCUT2D eigenvalue weighted by atomic mass is 10.1. The number of rotatable bonds is 7. The average molecular weight is 389 g/mol. The molecule has 0 spiro atoms. The standard InChI is InChI=1S/C18H19N3O7/c1-10(17(22)20-11-4-7-15(26-2)16(8-11)27-3)28-18(23)13-6-5-12(21(24)25)9-14(13)19/h4-10H,19H2,1-3H3,(H,20,22)/t10-/m1/s1. The highest BCUT2D eigenvalue weighted by Crippen LogP contribution is 2.29. The lowest BCUT2D eigenvalue weighted by molar-refractivity contribution is -0.384. The average Bonchev–Trinajstić information content (AvgIpc) is 2.67. The van der Waals surface area contributed by atoms with Gasteiger partial charge in [-0.05, 0) is 25.1 Å². The zero-order valence-electron chi connectivity index (χ0n) is 15.4. The molecule has 1 amide bonds. The third-order valence-electron chi connectivity index (χ3n) is 3.77. The van der Waals surface area contributed by atoms with Gasteiger partial charge in [0.25, 0.3) is 11.6 Å². The predicted octanol–water partition coefficient (Wildman–Crippen LogP) is 2.38. The Morgan fingerprint density at radius 1 is 1.11 bits per heavy atom. The van der Waals surface area contributed by atoms with E-state index in [0.29, 0.717) is 17.2 Å². The molecule has 0 bridgehead atoms. The molecule has 2 rings (SSSR count). The van der Waals surface area contributed by atoms with Gasteiger partial charge in [-0.25, -0.2) is 4.79 Å². The normalized spacial score (nSPS) is 11.2. The van der Waals surface area contributed by atoms with E-state index in [4.69, 9.17) is 19.9 Å². The zero-order valence-corrected chi connectivity index (χ0v) is 15.4. The summed E-state index contributed by atoms with van der Waals surface area (Å²) in [6, 6.07) is 8.12. The Bertz CT molecular complexity index is 914.